The molecule has 0 saturated carbocycles. The van der Waals surface area contributed by atoms with Gasteiger partial charge in [0.05, 0.1) is 10.6 Å². The van der Waals surface area contributed by atoms with Crippen LogP contribution in [0, 0.1) is 5.82 Å². The second-order valence-electron chi connectivity index (χ2n) is 3.83. The van der Waals surface area contributed by atoms with Crippen LogP contribution in [0.3, 0.4) is 0 Å². The molecule has 0 fully saturated rings. The first kappa shape index (κ1) is 13.2. The fraction of sp³-hybridized carbons (Fsp3) is 0.0714. The summed E-state index contributed by atoms with van der Waals surface area (Å²) in [4.78, 5) is 12.0. The minimum atomic E-state index is -0.581. The van der Waals surface area contributed by atoms with E-state index in [1.54, 1.807) is 0 Å². The van der Waals surface area contributed by atoms with Crippen LogP contribution in [0.4, 0.5) is 4.39 Å². The number of benzene rings is 2. The van der Waals surface area contributed by atoms with Crippen molar-refractivity contribution >= 4 is 33.3 Å². The Kier molecular flexibility index (Phi) is 4.15. The molecule has 1 nitrogen and oxygen atoms in total. The molecular weight excluding hydrogens is 319 g/mol. The molecule has 0 saturated heterocycles. The Morgan fingerprint density at radius 1 is 1.22 bits per heavy atom. The zero-order chi connectivity index (χ0) is 13.1. The predicted molar refractivity (Wildman–Crippen MR) is 73.6 cm³/mol. The summed E-state index contributed by atoms with van der Waals surface area (Å²) in [5.74, 6) is -0.904. The molecule has 2 aromatic carbocycles. The molecule has 18 heavy (non-hydrogen) atoms. The smallest absolute Gasteiger partial charge is 0.171 e. The van der Waals surface area contributed by atoms with Gasteiger partial charge in [0.2, 0.25) is 0 Å². The summed E-state index contributed by atoms with van der Waals surface area (Å²) in [6.45, 7) is 0. The molecule has 4 heteroatoms. The van der Waals surface area contributed by atoms with Crippen molar-refractivity contribution in [3.05, 3.63) is 68.9 Å². The number of halogens is 3. The van der Waals surface area contributed by atoms with Crippen molar-refractivity contribution in [2.24, 2.45) is 0 Å². The molecule has 0 spiro atoms. The van der Waals surface area contributed by atoms with Gasteiger partial charge in [0.15, 0.2) is 5.78 Å². The molecule has 0 atom stereocenters. The maximum absolute atomic E-state index is 13.6. The Hall–Kier alpha value is -1.19. The van der Waals surface area contributed by atoms with Crippen LogP contribution in [0.5, 0.6) is 0 Å². The number of hydrogen-bond donors (Lipinski definition) is 0. The van der Waals surface area contributed by atoms with Crippen LogP contribution in [0.15, 0.2) is 46.9 Å². The Bertz CT molecular complexity index is 578. The third kappa shape index (κ3) is 2.98. The highest BCUT2D eigenvalue weighted by Crippen LogP contribution is 2.21. The third-order valence-corrected chi connectivity index (χ3v) is 3.30. The first-order valence-corrected chi connectivity index (χ1v) is 6.46. The lowest BCUT2D eigenvalue weighted by molar-refractivity contribution is 0.0989. The average Bonchev–Trinajstić information content (AvgIpc) is 2.28. The minimum Gasteiger partial charge on any atom is -0.294 e. The Labute approximate surface area is 118 Å². The van der Waals surface area contributed by atoms with E-state index in [0.29, 0.717) is 0 Å². The van der Waals surface area contributed by atoms with Crippen LogP contribution in [-0.2, 0) is 6.42 Å². The number of Topliss-reactive ketones (excluding diaryl/α,β-unsaturated/α-hetero) is 1. The SMILES string of the molecule is O=C(Cc1cccc(Br)c1)c1c(F)cccc1Cl. The summed E-state index contributed by atoms with van der Waals surface area (Å²) in [5.41, 5.74) is 0.771. The third-order valence-electron chi connectivity index (χ3n) is 2.50. The standard InChI is InChI=1S/C14H9BrClFO/c15-10-4-1-3-9(7-10)8-13(18)14-11(16)5-2-6-12(14)17/h1-7H,8H2. The lowest BCUT2D eigenvalue weighted by Crippen LogP contribution is -2.07. The van der Waals surface area contributed by atoms with Crippen LogP contribution in [0.1, 0.15) is 15.9 Å². The quantitative estimate of drug-likeness (QED) is 0.749. The van der Waals surface area contributed by atoms with Gasteiger partial charge in [-0.25, -0.2) is 4.39 Å². The van der Waals surface area contributed by atoms with E-state index in [0.717, 1.165) is 10.0 Å². The average molecular weight is 328 g/mol. The second kappa shape index (κ2) is 5.63. The maximum atomic E-state index is 13.6. The van der Waals surface area contributed by atoms with E-state index in [2.05, 4.69) is 15.9 Å². The molecule has 0 bridgehead atoms. The summed E-state index contributed by atoms with van der Waals surface area (Å²) < 4.78 is 14.5. The van der Waals surface area contributed by atoms with Crippen molar-refractivity contribution < 1.29 is 9.18 Å². The summed E-state index contributed by atoms with van der Waals surface area (Å²) in [6.07, 6.45) is 0.125. The Morgan fingerprint density at radius 2 is 1.94 bits per heavy atom. The summed E-state index contributed by atoms with van der Waals surface area (Å²) in [5, 5.41) is 0.148. The van der Waals surface area contributed by atoms with Gasteiger partial charge < -0.3 is 0 Å². The number of hydrogen-bond acceptors (Lipinski definition) is 1. The monoisotopic (exact) mass is 326 g/mol. The molecule has 0 amide bonds. The lowest BCUT2D eigenvalue weighted by Gasteiger charge is -2.05. The molecule has 0 unspecified atom stereocenters. The molecular formula is C14H9BrClFO. The molecule has 2 rings (SSSR count). The maximum Gasteiger partial charge on any atom is 0.171 e. The topological polar surface area (TPSA) is 17.1 Å². The summed E-state index contributed by atoms with van der Waals surface area (Å²) in [6, 6.07) is 11.6. The first-order valence-electron chi connectivity index (χ1n) is 5.29. The highest BCUT2D eigenvalue weighted by Gasteiger charge is 2.15. The lowest BCUT2D eigenvalue weighted by atomic mass is 10.0. The van der Waals surface area contributed by atoms with E-state index in [1.807, 2.05) is 24.3 Å². The molecule has 0 aromatic heterocycles. The zero-order valence-corrected chi connectivity index (χ0v) is 11.6. The van der Waals surface area contributed by atoms with Crippen molar-refractivity contribution in [3.63, 3.8) is 0 Å². The van der Waals surface area contributed by atoms with Crippen LogP contribution in [0.2, 0.25) is 5.02 Å². The fourth-order valence-electron chi connectivity index (χ4n) is 1.68. The molecule has 0 radical (unpaired) electrons. The molecule has 92 valence electrons. The van der Waals surface area contributed by atoms with E-state index >= 15 is 0 Å². The number of carbonyl (C=O) groups excluding carboxylic acids is 1. The van der Waals surface area contributed by atoms with E-state index < -0.39 is 5.82 Å². The largest absolute Gasteiger partial charge is 0.294 e. The Balaban J connectivity index is 2.28. The van der Waals surface area contributed by atoms with Crippen LogP contribution < -0.4 is 0 Å². The van der Waals surface area contributed by atoms with E-state index in [1.165, 1.54) is 18.2 Å². The molecule has 0 aliphatic rings. The summed E-state index contributed by atoms with van der Waals surface area (Å²) in [7, 11) is 0. The van der Waals surface area contributed by atoms with Gasteiger partial charge in [-0.2, -0.15) is 0 Å². The van der Waals surface area contributed by atoms with Crippen molar-refractivity contribution in [1.82, 2.24) is 0 Å². The summed E-state index contributed by atoms with van der Waals surface area (Å²) >= 11 is 9.18. The fourth-order valence-corrected chi connectivity index (χ4v) is 2.40. The highest BCUT2D eigenvalue weighted by molar-refractivity contribution is 9.10. The zero-order valence-electron chi connectivity index (χ0n) is 9.29. The van der Waals surface area contributed by atoms with E-state index in [-0.39, 0.29) is 22.8 Å². The van der Waals surface area contributed by atoms with Gasteiger partial charge in [-0.05, 0) is 29.8 Å². The molecule has 0 aliphatic carbocycles. The van der Waals surface area contributed by atoms with Crippen molar-refractivity contribution in [1.29, 1.82) is 0 Å². The molecule has 2 aromatic rings. The van der Waals surface area contributed by atoms with Gasteiger partial charge in [0.1, 0.15) is 5.82 Å². The highest BCUT2D eigenvalue weighted by atomic mass is 79.9. The van der Waals surface area contributed by atoms with Gasteiger partial charge in [0, 0.05) is 10.9 Å². The van der Waals surface area contributed by atoms with Gasteiger partial charge >= 0.3 is 0 Å². The molecule has 0 heterocycles. The van der Waals surface area contributed by atoms with Gasteiger partial charge in [0.25, 0.3) is 0 Å². The number of carbonyl (C=O) groups is 1. The predicted octanol–water partition coefficient (Wildman–Crippen LogP) is 4.67. The van der Waals surface area contributed by atoms with Crippen LogP contribution >= 0.6 is 27.5 Å². The van der Waals surface area contributed by atoms with E-state index in [9.17, 15) is 9.18 Å². The molecule has 0 aliphatic heterocycles. The normalized spacial score (nSPS) is 10.4. The second-order valence-corrected chi connectivity index (χ2v) is 5.15. The van der Waals surface area contributed by atoms with E-state index in [4.69, 9.17) is 11.6 Å². The number of ketones is 1. The van der Waals surface area contributed by atoms with Crippen LogP contribution in [0.25, 0.3) is 0 Å². The van der Waals surface area contributed by atoms with Crippen molar-refractivity contribution in [2.75, 3.05) is 0 Å². The first-order chi connectivity index (χ1) is 8.58. The van der Waals surface area contributed by atoms with Gasteiger partial charge in [-0.15, -0.1) is 0 Å². The van der Waals surface area contributed by atoms with Crippen molar-refractivity contribution in [2.45, 2.75) is 6.42 Å². The Morgan fingerprint density at radius 3 is 2.61 bits per heavy atom. The number of rotatable bonds is 3. The van der Waals surface area contributed by atoms with Crippen molar-refractivity contribution in [3.8, 4) is 0 Å². The van der Waals surface area contributed by atoms with Crippen LogP contribution in [-0.4, -0.2) is 5.78 Å². The molecule has 0 N–H and O–H groups in total. The minimum absolute atomic E-state index is 0.0425. The van der Waals surface area contributed by atoms with Gasteiger partial charge in [-0.3, -0.25) is 4.79 Å². The van der Waals surface area contributed by atoms with Gasteiger partial charge in [-0.1, -0.05) is 45.7 Å².